The van der Waals surface area contributed by atoms with Crippen LogP contribution in [0.3, 0.4) is 0 Å². The molecule has 1 unspecified atom stereocenters. The molecule has 2 nitrogen and oxygen atoms in total. The fourth-order valence-electron chi connectivity index (χ4n) is 4.47. The first-order valence-corrected chi connectivity index (χ1v) is 12.7. The van der Waals surface area contributed by atoms with Crippen molar-refractivity contribution in [3.63, 3.8) is 0 Å². The zero-order valence-corrected chi connectivity index (χ0v) is 21.3. The number of aliphatic imine (C=N–C) groups is 1. The van der Waals surface area contributed by atoms with E-state index in [4.69, 9.17) is 4.99 Å². The van der Waals surface area contributed by atoms with Crippen LogP contribution in [0.25, 0.3) is 11.3 Å². The van der Waals surface area contributed by atoms with Crippen LogP contribution in [-0.4, -0.2) is 10.0 Å². The summed E-state index contributed by atoms with van der Waals surface area (Å²) in [7, 11) is 0. The van der Waals surface area contributed by atoms with Gasteiger partial charge in [-0.2, -0.15) is 0 Å². The molecule has 0 N–H and O–H groups in total. The topological polar surface area (TPSA) is 25.2 Å². The highest BCUT2D eigenvalue weighted by Gasteiger charge is 2.30. The maximum absolute atomic E-state index is 14.8. The van der Waals surface area contributed by atoms with E-state index in [-0.39, 0.29) is 16.5 Å². The second kappa shape index (κ2) is 9.78. The molecule has 0 aliphatic carbocycles. The minimum atomic E-state index is -0.697. The van der Waals surface area contributed by atoms with Crippen molar-refractivity contribution >= 4 is 16.8 Å². The Bertz CT molecular complexity index is 1520. The van der Waals surface area contributed by atoms with Gasteiger partial charge in [0, 0.05) is 28.8 Å². The molecule has 1 aliphatic heterocycles. The van der Waals surface area contributed by atoms with Gasteiger partial charge in [-0.15, -0.1) is 0 Å². The molecule has 1 atom stereocenters. The van der Waals surface area contributed by atoms with Crippen LogP contribution in [0.1, 0.15) is 49.1 Å². The second-order valence-corrected chi connectivity index (χ2v) is 11.3. The molecule has 0 amide bonds. The van der Waals surface area contributed by atoms with Crippen LogP contribution < -0.4 is 0 Å². The molecule has 4 aromatic rings. The van der Waals surface area contributed by atoms with Crippen molar-refractivity contribution < 1.29 is 17.6 Å². The van der Waals surface area contributed by atoms with Crippen LogP contribution in [0.15, 0.2) is 82.8 Å². The van der Waals surface area contributed by atoms with E-state index in [0.717, 1.165) is 35.2 Å². The van der Waals surface area contributed by atoms with Crippen molar-refractivity contribution in [2.75, 3.05) is 0 Å². The molecule has 0 spiro atoms. The van der Waals surface area contributed by atoms with Crippen molar-refractivity contribution in [1.29, 1.82) is 0 Å². The van der Waals surface area contributed by atoms with Gasteiger partial charge in [-0.05, 0) is 71.1 Å². The molecule has 188 valence electrons. The highest BCUT2D eigenvalue weighted by Crippen LogP contribution is 2.41. The van der Waals surface area contributed by atoms with Gasteiger partial charge in [0.15, 0.2) is 0 Å². The highest BCUT2D eigenvalue weighted by atomic mass is 32.2. The lowest BCUT2D eigenvalue weighted by Crippen LogP contribution is -2.10. The third kappa shape index (κ3) is 5.47. The first kappa shape index (κ1) is 25.2. The number of halogens is 4. The third-order valence-corrected chi connectivity index (χ3v) is 6.97. The lowest BCUT2D eigenvalue weighted by Gasteiger charge is -2.19. The number of pyridine rings is 1. The van der Waals surface area contributed by atoms with Gasteiger partial charge in [-0.3, -0.25) is 4.99 Å². The summed E-state index contributed by atoms with van der Waals surface area (Å²) in [6.07, 6.45) is 0.839. The Balaban J connectivity index is 1.55. The molecule has 7 heteroatoms. The zero-order chi connectivity index (χ0) is 26.3. The molecule has 0 bridgehead atoms. The molecule has 5 rings (SSSR count). The van der Waals surface area contributed by atoms with Gasteiger partial charge in [0.25, 0.3) is 0 Å². The van der Waals surface area contributed by atoms with Crippen molar-refractivity contribution in [2.45, 2.75) is 38.3 Å². The van der Waals surface area contributed by atoms with Crippen LogP contribution in [0.5, 0.6) is 0 Å². The predicted molar refractivity (Wildman–Crippen MR) is 140 cm³/mol. The molecule has 3 aromatic carbocycles. The number of rotatable bonds is 4. The molecule has 0 fully saturated rings. The minimum Gasteiger partial charge on any atom is -0.264 e. The zero-order valence-electron chi connectivity index (χ0n) is 20.5. The molecular weight excluding hydrogens is 496 g/mol. The maximum atomic E-state index is 14.8. The lowest BCUT2D eigenvalue weighted by molar-refractivity contribution is 0.411. The van der Waals surface area contributed by atoms with Crippen molar-refractivity contribution in [3.05, 3.63) is 118 Å². The number of thioether (sulfide) groups is 1. The van der Waals surface area contributed by atoms with Crippen molar-refractivity contribution in [2.24, 2.45) is 10.4 Å². The highest BCUT2D eigenvalue weighted by molar-refractivity contribution is 8.14. The molecule has 0 radical (unpaired) electrons. The smallest absolute Gasteiger partial charge is 0.135 e. The van der Waals surface area contributed by atoms with Crippen LogP contribution in [0.4, 0.5) is 17.6 Å². The van der Waals surface area contributed by atoms with Gasteiger partial charge < -0.3 is 0 Å². The molecular formula is C30H24F4N2S. The summed E-state index contributed by atoms with van der Waals surface area (Å²) in [6, 6.07) is 17.5. The first-order chi connectivity index (χ1) is 17.6. The van der Waals surface area contributed by atoms with Crippen LogP contribution in [-0.2, 0) is 6.42 Å². The molecule has 37 heavy (non-hydrogen) atoms. The quantitative estimate of drug-likeness (QED) is 0.252. The van der Waals surface area contributed by atoms with Crippen LogP contribution in [0, 0.1) is 28.7 Å². The molecule has 1 aromatic heterocycles. The SMILES string of the molecule is CC(C)(C)Cc1ccc2c(c1)C(Sc1cccc(-c3ccc(F)cc3F)n1)=NC2c1ccc(F)cc1F. The predicted octanol–water partition coefficient (Wildman–Crippen LogP) is 8.54. The van der Waals surface area contributed by atoms with Gasteiger partial charge in [-0.25, -0.2) is 22.5 Å². The normalized spacial score (nSPS) is 15.0. The Morgan fingerprint density at radius 2 is 1.46 bits per heavy atom. The fraction of sp³-hybridized carbons (Fsp3) is 0.200. The summed E-state index contributed by atoms with van der Waals surface area (Å²) >= 11 is 1.29. The molecule has 2 heterocycles. The summed E-state index contributed by atoms with van der Waals surface area (Å²) in [5, 5.41) is 1.20. The van der Waals surface area contributed by atoms with Gasteiger partial charge >= 0.3 is 0 Å². The number of hydrogen-bond donors (Lipinski definition) is 0. The maximum Gasteiger partial charge on any atom is 0.135 e. The Kier molecular flexibility index (Phi) is 6.67. The van der Waals surface area contributed by atoms with E-state index < -0.39 is 29.3 Å². The summed E-state index contributed by atoms with van der Waals surface area (Å²) in [6.45, 7) is 6.47. The van der Waals surface area contributed by atoms with E-state index in [9.17, 15) is 17.6 Å². The number of fused-ring (bicyclic) bond motifs is 1. The Labute approximate surface area is 217 Å². The van der Waals surface area contributed by atoms with Crippen molar-refractivity contribution in [1.82, 2.24) is 4.98 Å². The van der Waals surface area contributed by atoms with E-state index in [0.29, 0.717) is 15.8 Å². The average molecular weight is 521 g/mol. The van der Waals surface area contributed by atoms with E-state index in [1.807, 2.05) is 12.1 Å². The summed E-state index contributed by atoms with van der Waals surface area (Å²) in [4.78, 5) is 9.41. The average Bonchev–Trinajstić information content (AvgIpc) is 3.15. The van der Waals surface area contributed by atoms with Crippen LogP contribution in [0.2, 0.25) is 0 Å². The Morgan fingerprint density at radius 1 is 0.757 bits per heavy atom. The monoisotopic (exact) mass is 520 g/mol. The van der Waals surface area contributed by atoms with E-state index >= 15 is 0 Å². The largest absolute Gasteiger partial charge is 0.264 e. The van der Waals surface area contributed by atoms with Gasteiger partial charge in [0.2, 0.25) is 0 Å². The summed E-state index contributed by atoms with van der Waals surface area (Å²) < 4.78 is 56.1. The van der Waals surface area contributed by atoms with E-state index in [1.54, 1.807) is 18.2 Å². The first-order valence-electron chi connectivity index (χ1n) is 11.8. The van der Waals surface area contributed by atoms with Crippen molar-refractivity contribution in [3.8, 4) is 11.3 Å². The summed E-state index contributed by atoms with van der Waals surface area (Å²) in [5.74, 6) is -2.66. The number of hydrogen-bond acceptors (Lipinski definition) is 3. The van der Waals surface area contributed by atoms with E-state index in [1.165, 1.54) is 36.0 Å². The Hall–Kier alpha value is -3.45. The standard InChI is InChI=1S/C30H24F4N2S/c1-30(2,3)16-17-7-10-20-23(13-17)29(36-28(20)22-12-9-19(32)15-25(22)34)37-27-6-4-5-26(35-27)21-11-8-18(31)14-24(21)33/h4-15,28H,16H2,1-3H3. The number of aromatic nitrogens is 1. The van der Waals surface area contributed by atoms with Gasteiger partial charge in [0.1, 0.15) is 39.4 Å². The second-order valence-electron chi connectivity index (χ2n) is 10.2. The number of nitrogens with zero attached hydrogens (tertiary/aromatic N) is 2. The van der Waals surface area contributed by atoms with Gasteiger partial charge in [0.05, 0.1) is 5.69 Å². The van der Waals surface area contributed by atoms with E-state index in [2.05, 4.69) is 31.8 Å². The molecule has 1 aliphatic rings. The van der Waals surface area contributed by atoms with Gasteiger partial charge in [-0.1, -0.05) is 45.0 Å². The Morgan fingerprint density at radius 3 is 2.16 bits per heavy atom. The summed E-state index contributed by atoms with van der Waals surface area (Å²) in [5.41, 5.74) is 3.72. The molecule has 0 saturated heterocycles. The third-order valence-electron chi connectivity index (χ3n) is 6.01. The number of benzene rings is 3. The molecule has 0 saturated carbocycles. The van der Waals surface area contributed by atoms with Crippen LogP contribution >= 0.6 is 11.8 Å². The fourth-order valence-corrected chi connectivity index (χ4v) is 5.40. The minimum absolute atomic E-state index is 0.0644. The lowest BCUT2D eigenvalue weighted by atomic mass is 9.86.